The highest BCUT2D eigenvalue weighted by Gasteiger charge is 2.35. The van der Waals surface area contributed by atoms with Crippen molar-refractivity contribution in [2.75, 3.05) is 6.54 Å². The van der Waals surface area contributed by atoms with Crippen LogP contribution in [0.3, 0.4) is 0 Å². The normalized spacial score (nSPS) is 33.9. The molecular weight excluding hydrogens is 160 g/mol. The molecule has 0 spiro atoms. The summed E-state index contributed by atoms with van der Waals surface area (Å²) in [6.07, 6.45) is 5.37. The van der Waals surface area contributed by atoms with Crippen LogP contribution in [0.15, 0.2) is 0 Å². The van der Waals surface area contributed by atoms with E-state index in [0.29, 0.717) is 12.1 Å². The molecule has 2 rings (SSSR count). The quantitative estimate of drug-likeness (QED) is 0.715. The zero-order valence-corrected chi connectivity index (χ0v) is 8.87. The van der Waals surface area contributed by atoms with E-state index in [2.05, 4.69) is 18.7 Å². The van der Waals surface area contributed by atoms with Gasteiger partial charge in [-0.25, -0.2) is 0 Å². The Morgan fingerprint density at radius 2 is 1.92 bits per heavy atom. The van der Waals surface area contributed by atoms with Gasteiger partial charge >= 0.3 is 0 Å². The van der Waals surface area contributed by atoms with Crippen LogP contribution in [0.1, 0.15) is 39.5 Å². The van der Waals surface area contributed by atoms with Crippen molar-refractivity contribution in [3.8, 4) is 0 Å². The average Bonchev–Trinajstić information content (AvgIpc) is 2.77. The Morgan fingerprint density at radius 3 is 2.31 bits per heavy atom. The first-order valence-corrected chi connectivity index (χ1v) is 5.68. The Labute approximate surface area is 81.5 Å². The smallest absolute Gasteiger partial charge is 0.0127 e. The van der Waals surface area contributed by atoms with Crippen molar-refractivity contribution in [1.82, 2.24) is 4.90 Å². The fourth-order valence-electron chi connectivity index (χ4n) is 2.28. The van der Waals surface area contributed by atoms with Crippen LogP contribution in [0.2, 0.25) is 0 Å². The molecule has 76 valence electrons. The number of nitrogens with zero attached hydrogens (tertiary/aromatic N) is 1. The first-order chi connectivity index (χ1) is 6.16. The fourth-order valence-corrected chi connectivity index (χ4v) is 2.28. The highest BCUT2D eigenvalue weighted by Crippen LogP contribution is 2.34. The SMILES string of the molecule is CC(C)N(CC1CC1)C1CC(N)C1. The van der Waals surface area contributed by atoms with E-state index in [4.69, 9.17) is 5.73 Å². The van der Waals surface area contributed by atoms with Crippen molar-refractivity contribution in [1.29, 1.82) is 0 Å². The van der Waals surface area contributed by atoms with Gasteiger partial charge in [-0.3, -0.25) is 4.90 Å². The van der Waals surface area contributed by atoms with Gasteiger partial charge in [0.05, 0.1) is 0 Å². The number of hydrogen-bond acceptors (Lipinski definition) is 2. The zero-order valence-electron chi connectivity index (χ0n) is 8.87. The molecule has 13 heavy (non-hydrogen) atoms. The summed E-state index contributed by atoms with van der Waals surface area (Å²) in [4.78, 5) is 2.67. The second kappa shape index (κ2) is 3.58. The second-order valence-corrected chi connectivity index (χ2v) is 5.12. The minimum absolute atomic E-state index is 0.491. The van der Waals surface area contributed by atoms with E-state index in [-0.39, 0.29) is 0 Å². The zero-order chi connectivity index (χ0) is 9.42. The molecule has 0 aromatic heterocycles. The first kappa shape index (κ1) is 9.47. The van der Waals surface area contributed by atoms with Crippen LogP contribution in [0.5, 0.6) is 0 Å². The van der Waals surface area contributed by atoms with Crippen molar-refractivity contribution in [3.05, 3.63) is 0 Å². The maximum absolute atomic E-state index is 5.83. The third-order valence-corrected chi connectivity index (χ3v) is 3.45. The Balaban J connectivity index is 1.81. The van der Waals surface area contributed by atoms with Crippen molar-refractivity contribution in [2.24, 2.45) is 11.7 Å². The van der Waals surface area contributed by atoms with Gasteiger partial charge in [0.2, 0.25) is 0 Å². The minimum atomic E-state index is 0.491. The summed E-state index contributed by atoms with van der Waals surface area (Å²) in [5.41, 5.74) is 5.83. The van der Waals surface area contributed by atoms with Crippen LogP contribution >= 0.6 is 0 Å². The van der Waals surface area contributed by atoms with E-state index in [9.17, 15) is 0 Å². The third-order valence-electron chi connectivity index (χ3n) is 3.45. The van der Waals surface area contributed by atoms with Gasteiger partial charge in [0.1, 0.15) is 0 Å². The van der Waals surface area contributed by atoms with Crippen LogP contribution < -0.4 is 5.73 Å². The molecule has 2 fully saturated rings. The summed E-state index contributed by atoms with van der Waals surface area (Å²) < 4.78 is 0. The third kappa shape index (κ3) is 2.23. The largest absolute Gasteiger partial charge is 0.328 e. The molecule has 2 nitrogen and oxygen atoms in total. The van der Waals surface area contributed by atoms with Crippen LogP contribution in [0, 0.1) is 5.92 Å². The Bertz CT molecular complexity index is 169. The van der Waals surface area contributed by atoms with Gasteiger partial charge < -0.3 is 5.73 Å². The molecule has 0 aromatic carbocycles. The summed E-state index contributed by atoms with van der Waals surface area (Å²) in [7, 11) is 0. The summed E-state index contributed by atoms with van der Waals surface area (Å²) in [5.74, 6) is 1.01. The van der Waals surface area contributed by atoms with Gasteiger partial charge in [0.15, 0.2) is 0 Å². The van der Waals surface area contributed by atoms with Crippen LogP contribution in [-0.2, 0) is 0 Å². The molecule has 0 saturated heterocycles. The predicted molar refractivity (Wildman–Crippen MR) is 55.6 cm³/mol. The molecule has 0 amide bonds. The molecule has 0 heterocycles. The van der Waals surface area contributed by atoms with E-state index >= 15 is 0 Å². The van der Waals surface area contributed by atoms with Crippen LogP contribution in [0.4, 0.5) is 0 Å². The summed E-state index contributed by atoms with van der Waals surface area (Å²) in [5, 5.41) is 0. The van der Waals surface area contributed by atoms with E-state index in [1.54, 1.807) is 0 Å². The summed E-state index contributed by atoms with van der Waals surface area (Å²) in [6, 6.07) is 2.00. The van der Waals surface area contributed by atoms with Gasteiger partial charge in [0, 0.05) is 24.7 Å². The van der Waals surface area contributed by atoms with Gasteiger partial charge in [-0.1, -0.05) is 0 Å². The van der Waals surface area contributed by atoms with E-state index in [1.807, 2.05) is 0 Å². The van der Waals surface area contributed by atoms with Gasteiger partial charge in [0.25, 0.3) is 0 Å². The lowest BCUT2D eigenvalue weighted by molar-refractivity contribution is 0.0759. The Kier molecular flexibility index (Phi) is 2.61. The predicted octanol–water partition coefficient (Wildman–Crippen LogP) is 1.60. The molecule has 2 heteroatoms. The lowest BCUT2D eigenvalue weighted by Gasteiger charge is -2.43. The van der Waals surface area contributed by atoms with Crippen molar-refractivity contribution in [2.45, 2.75) is 57.7 Å². The maximum Gasteiger partial charge on any atom is 0.0127 e. The van der Waals surface area contributed by atoms with Gasteiger partial charge in [-0.05, 0) is 45.4 Å². The fraction of sp³-hybridized carbons (Fsp3) is 1.00. The minimum Gasteiger partial charge on any atom is -0.328 e. The Morgan fingerprint density at radius 1 is 1.31 bits per heavy atom. The highest BCUT2D eigenvalue weighted by molar-refractivity contribution is 4.92. The molecular formula is C11H22N2. The van der Waals surface area contributed by atoms with Gasteiger partial charge in [-0.2, -0.15) is 0 Å². The highest BCUT2D eigenvalue weighted by atomic mass is 15.2. The topological polar surface area (TPSA) is 29.3 Å². The summed E-state index contributed by atoms with van der Waals surface area (Å²) in [6.45, 7) is 5.95. The molecule has 0 bridgehead atoms. The molecule has 2 N–H and O–H groups in total. The molecule has 2 aliphatic carbocycles. The Hall–Kier alpha value is -0.0800. The van der Waals surface area contributed by atoms with Crippen LogP contribution in [-0.4, -0.2) is 29.6 Å². The van der Waals surface area contributed by atoms with Crippen molar-refractivity contribution < 1.29 is 0 Å². The second-order valence-electron chi connectivity index (χ2n) is 5.12. The van der Waals surface area contributed by atoms with Crippen molar-refractivity contribution in [3.63, 3.8) is 0 Å². The maximum atomic E-state index is 5.83. The summed E-state index contributed by atoms with van der Waals surface area (Å²) >= 11 is 0. The molecule has 0 aliphatic heterocycles. The number of rotatable bonds is 4. The molecule has 0 aromatic rings. The van der Waals surface area contributed by atoms with E-state index in [0.717, 1.165) is 12.0 Å². The number of hydrogen-bond donors (Lipinski definition) is 1. The molecule has 0 radical (unpaired) electrons. The molecule has 2 saturated carbocycles. The van der Waals surface area contributed by atoms with Crippen molar-refractivity contribution >= 4 is 0 Å². The molecule has 0 atom stereocenters. The van der Waals surface area contributed by atoms with E-state index in [1.165, 1.54) is 32.2 Å². The monoisotopic (exact) mass is 182 g/mol. The lowest BCUT2D eigenvalue weighted by Crippen LogP contribution is -2.53. The standard InChI is InChI=1S/C11H22N2/c1-8(2)13(7-9-3-4-9)11-5-10(12)6-11/h8-11H,3-7,12H2,1-2H3. The average molecular weight is 182 g/mol. The van der Waals surface area contributed by atoms with E-state index < -0.39 is 0 Å². The van der Waals surface area contributed by atoms with Gasteiger partial charge in [-0.15, -0.1) is 0 Å². The number of nitrogens with two attached hydrogens (primary N) is 1. The first-order valence-electron chi connectivity index (χ1n) is 5.68. The molecule has 2 aliphatic rings. The lowest BCUT2D eigenvalue weighted by atomic mass is 9.85. The molecule has 0 unspecified atom stereocenters. The van der Waals surface area contributed by atoms with Crippen LogP contribution in [0.25, 0.3) is 0 Å².